The third kappa shape index (κ3) is 7.03. The summed E-state index contributed by atoms with van der Waals surface area (Å²) in [7, 11) is 0. The molecule has 2 amide bonds. The molecular weight excluding hydrogens is 470 g/mol. The number of hydrogen-bond acceptors (Lipinski definition) is 6. The van der Waals surface area contributed by atoms with Crippen LogP contribution in [-0.2, 0) is 16.1 Å². The lowest BCUT2D eigenvalue weighted by molar-refractivity contribution is -0.129. The molecule has 0 aliphatic carbocycles. The Morgan fingerprint density at radius 1 is 1.16 bits per heavy atom. The SMILES string of the molecule is C=CC(=O)N(CCNC(=O)OC(C)(C)C)C(c1nc2ncccc2c(=O)n1Cc1ccccc1)C(C)C. The van der Waals surface area contributed by atoms with Crippen molar-refractivity contribution in [3.8, 4) is 0 Å². The molecule has 0 fully saturated rings. The topological polar surface area (TPSA) is 106 Å². The van der Waals surface area contributed by atoms with Crippen LogP contribution in [0.25, 0.3) is 11.0 Å². The highest BCUT2D eigenvalue weighted by atomic mass is 16.6. The highest BCUT2D eigenvalue weighted by Crippen LogP contribution is 2.28. The van der Waals surface area contributed by atoms with Gasteiger partial charge in [0.25, 0.3) is 5.56 Å². The number of carbonyl (C=O) groups excluding carboxylic acids is 2. The third-order valence-electron chi connectivity index (χ3n) is 5.65. The molecule has 0 aliphatic rings. The van der Waals surface area contributed by atoms with Gasteiger partial charge in [-0.2, -0.15) is 0 Å². The second-order valence-electron chi connectivity index (χ2n) is 10.1. The Labute approximate surface area is 217 Å². The molecule has 0 radical (unpaired) electrons. The zero-order chi connectivity index (χ0) is 27.2. The van der Waals surface area contributed by atoms with Crippen LogP contribution in [-0.4, -0.2) is 50.1 Å². The summed E-state index contributed by atoms with van der Waals surface area (Å²) in [5.74, 6) is -0.0469. The quantitative estimate of drug-likeness (QED) is 0.439. The number of aromatic nitrogens is 3. The Morgan fingerprint density at radius 2 is 1.86 bits per heavy atom. The predicted molar refractivity (Wildman–Crippen MR) is 143 cm³/mol. The van der Waals surface area contributed by atoms with Crippen LogP contribution in [0.2, 0.25) is 0 Å². The first-order valence-corrected chi connectivity index (χ1v) is 12.3. The van der Waals surface area contributed by atoms with E-state index in [1.54, 1.807) is 48.6 Å². The average Bonchev–Trinajstić information content (AvgIpc) is 2.84. The maximum absolute atomic E-state index is 13.7. The minimum atomic E-state index is -0.642. The summed E-state index contributed by atoms with van der Waals surface area (Å²) in [6, 6.07) is 12.4. The molecule has 0 bridgehead atoms. The molecule has 0 saturated carbocycles. The number of carbonyl (C=O) groups is 2. The maximum Gasteiger partial charge on any atom is 0.407 e. The number of fused-ring (bicyclic) bond motifs is 1. The fourth-order valence-electron chi connectivity index (χ4n) is 4.11. The molecule has 0 aliphatic heterocycles. The molecule has 3 rings (SSSR count). The van der Waals surface area contributed by atoms with E-state index in [-0.39, 0.29) is 37.0 Å². The molecule has 1 atom stereocenters. The molecule has 9 heteroatoms. The highest BCUT2D eigenvalue weighted by Gasteiger charge is 2.31. The minimum absolute atomic E-state index is 0.125. The summed E-state index contributed by atoms with van der Waals surface area (Å²) in [4.78, 5) is 49.6. The summed E-state index contributed by atoms with van der Waals surface area (Å²) >= 11 is 0. The van der Waals surface area contributed by atoms with Crippen molar-refractivity contribution in [2.75, 3.05) is 13.1 Å². The lowest BCUT2D eigenvalue weighted by Crippen LogP contribution is -2.44. The van der Waals surface area contributed by atoms with Crippen LogP contribution in [0.3, 0.4) is 0 Å². The number of rotatable bonds is 9. The zero-order valence-corrected chi connectivity index (χ0v) is 22.1. The average molecular weight is 506 g/mol. The second kappa shape index (κ2) is 11.8. The summed E-state index contributed by atoms with van der Waals surface area (Å²) in [5.41, 5.74) is 0.360. The molecule has 1 unspecified atom stereocenters. The number of alkyl carbamates (subject to hydrolysis) is 1. The predicted octanol–water partition coefficient (Wildman–Crippen LogP) is 4.08. The second-order valence-corrected chi connectivity index (χ2v) is 10.1. The lowest BCUT2D eigenvalue weighted by Gasteiger charge is -2.35. The van der Waals surface area contributed by atoms with Gasteiger partial charge < -0.3 is 15.0 Å². The first-order valence-electron chi connectivity index (χ1n) is 12.3. The van der Waals surface area contributed by atoms with E-state index in [1.807, 2.05) is 44.2 Å². The van der Waals surface area contributed by atoms with Gasteiger partial charge in [0.2, 0.25) is 5.91 Å². The Bertz CT molecular complexity index is 1310. The first kappa shape index (κ1) is 27.6. The van der Waals surface area contributed by atoms with Gasteiger partial charge in [-0.1, -0.05) is 50.8 Å². The Morgan fingerprint density at radius 3 is 2.49 bits per heavy atom. The number of hydrogen-bond donors (Lipinski definition) is 1. The highest BCUT2D eigenvalue weighted by molar-refractivity contribution is 5.87. The summed E-state index contributed by atoms with van der Waals surface area (Å²) < 4.78 is 6.91. The number of nitrogens with zero attached hydrogens (tertiary/aromatic N) is 4. The van der Waals surface area contributed by atoms with E-state index in [0.29, 0.717) is 16.9 Å². The van der Waals surface area contributed by atoms with Crippen LogP contribution in [0.4, 0.5) is 4.79 Å². The van der Waals surface area contributed by atoms with Gasteiger partial charge in [-0.3, -0.25) is 14.2 Å². The molecule has 196 valence electrons. The summed E-state index contributed by atoms with van der Waals surface area (Å²) in [6.45, 7) is 13.5. The van der Waals surface area contributed by atoms with Gasteiger partial charge in [0, 0.05) is 19.3 Å². The molecule has 1 N–H and O–H groups in total. The smallest absolute Gasteiger partial charge is 0.407 e. The number of pyridine rings is 1. The van der Waals surface area contributed by atoms with Gasteiger partial charge in [0.05, 0.1) is 18.0 Å². The Kier molecular flexibility index (Phi) is 8.81. The standard InChI is InChI=1S/C28H35N5O4/c1-7-22(34)32(17-16-30-27(36)37-28(4,5)6)23(19(2)3)25-31-24-21(14-11-15-29-24)26(35)33(25)18-20-12-9-8-10-13-20/h7-15,19,23H,1,16-18H2,2-6H3,(H,30,36). The molecule has 0 spiro atoms. The van der Waals surface area contributed by atoms with Gasteiger partial charge in [-0.15, -0.1) is 0 Å². The van der Waals surface area contributed by atoms with Crippen molar-refractivity contribution in [2.24, 2.45) is 5.92 Å². The van der Waals surface area contributed by atoms with E-state index in [2.05, 4.69) is 16.9 Å². The third-order valence-corrected chi connectivity index (χ3v) is 5.65. The number of benzene rings is 1. The Hall–Kier alpha value is -4.01. The fraction of sp³-hybridized carbons (Fsp3) is 0.393. The van der Waals surface area contributed by atoms with Gasteiger partial charge in [-0.25, -0.2) is 14.8 Å². The normalized spacial score (nSPS) is 12.3. The zero-order valence-electron chi connectivity index (χ0n) is 22.1. The van der Waals surface area contributed by atoms with Crippen molar-refractivity contribution in [3.05, 3.63) is 83.1 Å². The maximum atomic E-state index is 13.7. The molecular formula is C28H35N5O4. The molecule has 1 aromatic carbocycles. The van der Waals surface area contributed by atoms with Crippen LogP contribution in [0.5, 0.6) is 0 Å². The van der Waals surface area contributed by atoms with Crippen molar-refractivity contribution < 1.29 is 14.3 Å². The fourth-order valence-corrected chi connectivity index (χ4v) is 4.11. The molecule has 2 heterocycles. The summed E-state index contributed by atoms with van der Waals surface area (Å²) in [5, 5.41) is 3.10. The molecule has 9 nitrogen and oxygen atoms in total. The monoisotopic (exact) mass is 505 g/mol. The van der Waals surface area contributed by atoms with Gasteiger partial charge in [0.1, 0.15) is 11.4 Å². The molecule has 37 heavy (non-hydrogen) atoms. The Balaban J connectivity index is 2.06. The van der Waals surface area contributed by atoms with Crippen molar-refractivity contribution in [1.82, 2.24) is 24.8 Å². The van der Waals surface area contributed by atoms with E-state index in [0.717, 1.165) is 5.56 Å². The molecule has 0 saturated heterocycles. The largest absolute Gasteiger partial charge is 0.444 e. The van der Waals surface area contributed by atoms with Gasteiger partial charge in [0.15, 0.2) is 5.65 Å². The van der Waals surface area contributed by atoms with Crippen molar-refractivity contribution >= 4 is 23.0 Å². The van der Waals surface area contributed by atoms with Crippen LogP contribution < -0.4 is 10.9 Å². The van der Waals surface area contributed by atoms with E-state index in [4.69, 9.17) is 9.72 Å². The van der Waals surface area contributed by atoms with E-state index < -0.39 is 17.7 Å². The van der Waals surface area contributed by atoms with Crippen molar-refractivity contribution in [1.29, 1.82) is 0 Å². The van der Waals surface area contributed by atoms with Gasteiger partial charge in [-0.05, 0) is 50.5 Å². The van der Waals surface area contributed by atoms with Crippen molar-refractivity contribution in [2.45, 2.75) is 52.8 Å². The number of ether oxygens (including phenoxy) is 1. The van der Waals surface area contributed by atoms with Crippen LogP contribution >= 0.6 is 0 Å². The number of nitrogens with one attached hydrogen (secondary N) is 1. The van der Waals surface area contributed by atoms with Crippen LogP contribution in [0.1, 0.15) is 52.0 Å². The first-order chi connectivity index (χ1) is 17.5. The van der Waals surface area contributed by atoms with E-state index >= 15 is 0 Å². The number of amides is 2. The van der Waals surface area contributed by atoms with Crippen molar-refractivity contribution in [3.63, 3.8) is 0 Å². The lowest BCUT2D eigenvalue weighted by atomic mass is 10.00. The van der Waals surface area contributed by atoms with Crippen LogP contribution in [0, 0.1) is 5.92 Å². The van der Waals surface area contributed by atoms with E-state index in [9.17, 15) is 14.4 Å². The molecule has 2 aromatic heterocycles. The molecule has 3 aromatic rings. The van der Waals surface area contributed by atoms with Gasteiger partial charge >= 0.3 is 6.09 Å². The summed E-state index contributed by atoms with van der Waals surface area (Å²) in [6.07, 6.45) is 2.23. The van der Waals surface area contributed by atoms with Crippen LogP contribution in [0.15, 0.2) is 66.1 Å². The van der Waals surface area contributed by atoms with E-state index in [1.165, 1.54) is 6.08 Å². The minimum Gasteiger partial charge on any atom is -0.444 e.